The van der Waals surface area contributed by atoms with Crippen LogP contribution in [-0.4, -0.2) is 41.6 Å². The number of nitrogens with one attached hydrogen (secondary N) is 2. The third-order valence-electron chi connectivity index (χ3n) is 7.60. The van der Waals surface area contributed by atoms with Gasteiger partial charge in [0.15, 0.2) is 0 Å². The average Bonchev–Trinajstić information content (AvgIpc) is 3.18. The van der Waals surface area contributed by atoms with E-state index >= 15 is 0 Å². The molecule has 1 amide bonds. The van der Waals surface area contributed by atoms with E-state index in [1.165, 1.54) is 18.2 Å². The number of nitrogens with zero attached hydrogens (tertiary/aromatic N) is 2. The van der Waals surface area contributed by atoms with Crippen LogP contribution in [0.4, 0.5) is 18.9 Å². The van der Waals surface area contributed by atoms with E-state index in [1.54, 1.807) is 17.7 Å². The highest BCUT2D eigenvalue weighted by molar-refractivity contribution is 5.99. The van der Waals surface area contributed by atoms with Gasteiger partial charge in [0.25, 0.3) is 17.9 Å². The highest BCUT2D eigenvalue weighted by atomic mass is 19.3. The average molecular weight is 475 g/mol. The molecule has 0 radical (unpaired) electrons. The molecule has 1 aromatic carbocycles. The van der Waals surface area contributed by atoms with Gasteiger partial charge in [0.1, 0.15) is 5.82 Å². The zero-order valence-corrected chi connectivity index (χ0v) is 19.2. The first-order valence-corrected chi connectivity index (χ1v) is 11.8. The molecule has 0 bridgehead atoms. The van der Waals surface area contributed by atoms with Gasteiger partial charge in [-0.05, 0) is 45.1 Å². The monoisotopic (exact) mass is 474 g/mol. The summed E-state index contributed by atoms with van der Waals surface area (Å²) in [4.78, 5) is 28.4. The van der Waals surface area contributed by atoms with Gasteiger partial charge in [-0.25, -0.2) is 13.2 Å². The smallest absolute Gasteiger partial charge is 0.266 e. The predicted octanol–water partition coefficient (Wildman–Crippen LogP) is 4.11. The number of piperidine rings is 1. The van der Waals surface area contributed by atoms with Gasteiger partial charge >= 0.3 is 0 Å². The van der Waals surface area contributed by atoms with Crippen molar-refractivity contribution < 1.29 is 18.0 Å². The van der Waals surface area contributed by atoms with Crippen LogP contribution in [0.3, 0.4) is 0 Å². The number of fused-ring (bicyclic) bond motifs is 1. The molecule has 3 aliphatic rings. The SMILES string of the molecule is C[C@@H](NC(=O)c1cn(C2CCC2)c(=O)cc1N[C@H]1[C@@H]2CN(C)C[C@@H]21)c1cccc(C(F)F)c1F. The van der Waals surface area contributed by atoms with E-state index in [4.69, 9.17) is 0 Å². The molecule has 3 fully saturated rings. The lowest BCUT2D eigenvalue weighted by Gasteiger charge is -2.29. The number of likely N-dealkylation sites (tertiary alicyclic amines) is 1. The van der Waals surface area contributed by atoms with Crippen molar-refractivity contribution in [3.8, 4) is 0 Å². The Balaban J connectivity index is 1.41. The summed E-state index contributed by atoms with van der Waals surface area (Å²) >= 11 is 0. The molecule has 2 aliphatic carbocycles. The molecular formula is C25H29F3N4O2. The van der Waals surface area contributed by atoms with Crippen LogP contribution in [0.1, 0.15) is 66.2 Å². The van der Waals surface area contributed by atoms with Crippen molar-refractivity contribution in [1.82, 2.24) is 14.8 Å². The molecule has 0 unspecified atom stereocenters. The summed E-state index contributed by atoms with van der Waals surface area (Å²) in [5.74, 6) is -0.522. The van der Waals surface area contributed by atoms with Crippen LogP contribution in [0.15, 0.2) is 35.3 Å². The molecule has 2 aromatic rings. The minimum atomic E-state index is -2.94. The van der Waals surface area contributed by atoms with Crippen molar-refractivity contribution in [3.63, 3.8) is 0 Å². The van der Waals surface area contributed by atoms with Crippen molar-refractivity contribution in [1.29, 1.82) is 0 Å². The van der Waals surface area contributed by atoms with Crippen LogP contribution in [-0.2, 0) is 0 Å². The molecule has 1 saturated heterocycles. The standard InChI is InChI=1S/C25H29F3N4O2/c1-13(15-7-4-8-16(22(15)26)24(27)28)29-25(34)19-12-32(14-5-3-6-14)21(33)9-20(19)30-23-17-10-31(2)11-18(17)23/h4,7-9,12-14,17-18,23-24,30H,3,5-6,10-11H2,1-2H3,(H,29,34)/t13-,17-,18+,23+/m1/s1. The molecule has 2 heterocycles. The van der Waals surface area contributed by atoms with Crippen molar-refractivity contribution in [2.45, 2.75) is 50.7 Å². The Morgan fingerprint density at radius 2 is 1.82 bits per heavy atom. The summed E-state index contributed by atoms with van der Waals surface area (Å²) in [6, 6.07) is 4.71. The van der Waals surface area contributed by atoms with Crippen LogP contribution in [0.25, 0.3) is 0 Å². The number of aromatic nitrogens is 1. The second-order valence-corrected chi connectivity index (χ2v) is 9.90. The van der Waals surface area contributed by atoms with E-state index in [0.717, 1.165) is 38.4 Å². The quantitative estimate of drug-likeness (QED) is 0.634. The molecule has 34 heavy (non-hydrogen) atoms. The van der Waals surface area contributed by atoms with E-state index in [2.05, 4.69) is 22.6 Å². The predicted molar refractivity (Wildman–Crippen MR) is 123 cm³/mol. The molecule has 182 valence electrons. The molecule has 1 aliphatic heterocycles. The van der Waals surface area contributed by atoms with E-state index in [-0.39, 0.29) is 23.2 Å². The number of alkyl halides is 2. The Kier molecular flexibility index (Phi) is 5.91. The Morgan fingerprint density at radius 3 is 2.44 bits per heavy atom. The van der Waals surface area contributed by atoms with Crippen LogP contribution < -0.4 is 16.2 Å². The van der Waals surface area contributed by atoms with Gasteiger partial charge in [0, 0.05) is 43.0 Å². The highest BCUT2D eigenvalue weighted by Crippen LogP contribution is 2.47. The summed E-state index contributed by atoms with van der Waals surface area (Å²) in [5, 5.41) is 6.15. The Labute approximate surface area is 196 Å². The lowest BCUT2D eigenvalue weighted by atomic mass is 9.92. The van der Waals surface area contributed by atoms with E-state index in [0.29, 0.717) is 23.1 Å². The largest absolute Gasteiger partial charge is 0.381 e. The first-order valence-electron chi connectivity index (χ1n) is 11.8. The zero-order valence-electron chi connectivity index (χ0n) is 19.2. The molecule has 4 atom stereocenters. The van der Waals surface area contributed by atoms with Gasteiger partial charge in [-0.3, -0.25) is 9.59 Å². The summed E-state index contributed by atoms with van der Waals surface area (Å²) in [5.41, 5.74) is -0.0795. The fraction of sp³-hybridized carbons (Fsp3) is 0.520. The number of halogens is 3. The van der Waals surface area contributed by atoms with Gasteiger partial charge in [-0.15, -0.1) is 0 Å². The van der Waals surface area contributed by atoms with Gasteiger partial charge in [-0.2, -0.15) is 0 Å². The summed E-state index contributed by atoms with van der Waals surface area (Å²) in [6.07, 6.45) is 1.45. The van der Waals surface area contributed by atoms with Crippen LogP contribution >= 0.6 is 0 Å². The molecule has 6 nitrogen and oxygen atoms in total. The molecule has 2 saturated carbocycles. The fourth-order valence-electron chi connectivity index (χ4n) is 5.35. The molecule has 9 heteroatoms. The minimum absolute atomic E-state index is 0.00673. The number of benzene rings is 1. The zero-order chi connectivity index (χ0) is 24.1. The molecular weight excluding hydrogens is 445 g/mol. The van der Waals surface area contributed by atoms with Gasteiger partial charge < -0.3 is 20.1 Å². The van der Waals surface area contributed by atoms with Gasteiger partial charge in [0.05, 0.1) is 22.9 Å². The van der Waals surface area contributed by atoms with Gasteiger partial charge in [0.2, 0.25) is 0 Å². The number of hydrogen-bond donors (Lipinski definition) is 2. The van der Waals surface area contributed by atoms with Crippen molar-refractivity contribution in [2.24, 2.45) is 11.8 Å². The first-order chi connectivity index (χ1) is 16.2. The maximum absolute atomic E-state index is 14.6. The maximum atomic E-state index is 14.6. The number of carbonyl (C=O) groups excluding carboxylic acids is 1. The van der Waals surface area contributed by atoms with E-state index in [1.807, 2.05) is 0 Å². The highest BCUT2D eigenvalue weighted by Gasteiger charge is 2.55. The second-order valence-electron chi connectivity index (χ2n) is 9.90. The van der Waals surface area contributed by atoms with Crippen LogP contribution in [0, 0.1) is 17.7 Å². The first kappa shape index (κ1) is 23.0. The molecule has 0 spiro atoms. The van der Waals surface area contributed by atoms with Gasteiger partial charge in [-0.1, -0.05) is 18.2 Å². The second kappa shape index (κ2) is 8.76. The summed E-state index contributed by atoms with van der Waals surface area (Å²) in [6.45, 7) is 3.50. The number of amides is 1. The number of hydrogen-bond acceptors (Lipinski definition) is 4. The summed E-state index contributed by atoms with van der Waals surface area (Å²) < 4.78 is 42.5. The number of anilines is 1. The van der Waals surface area contributed by atoms with Crippen molar-refractivity contribution >= 4 is 11.6 Å². The Hall–Kier alpha value is -2.81. The number of rotatable bonds is 7. The van der Waals surface area contributed by atoms with E-state index in [9.17, 15) is 22.8 Å². The van der Waals surface area contributed by atoms with Crippen molar-refractivity contribution in [2.75, 3.05) is 25.5 Å². The lowest BCUT2D eigenvalue weighted by Crippen LogP contribution is -2.34. The number of pyridine rings is 1. The topological polar surface area (TPSA) is 66.4 Å². The lowest BCUT2D eigenvalue weighted by molar-refractivity contribution is 0.0938. The molecule has 2 N–H and O–H groups in total. The van der Waals surface area contributed by atoms with Crippen LogP contribution in [0.2, 0.25) is 0 Å². The maximum Gasteiger partial charge on any atom is 0.266 e. The minimum Gasteiger partial charge on any atom is -0.381 e. The molecule has 1 aromatic heterocycles. The van der Waals surface area contributed by atoms with E-state index < -0.39 is 29.8 Å². The Morgan fingerprint density at radius 1 is 1.15 bits per heavy atom. The Bertz CT molecular complexity index is 1150. The number of carbonyl (C=O) groups is 1. The third-order valence-corrected chi connectivity index (χ3v) is 7.60. The fourth-order valence-corrected chi connectivity index (χ4v) is 5.35. The van der Waals surface area contributed by atoms with Crippen LogP contribution in [0.5, 0.6) is 0 Å². The molecule has 5 rings (SSSR count). The normalized spacial score (nSPS) is 25.1. The van der Waals surface area contributed by atoms with Crippen molar-refractivity contribution in [3.05, 3.63) is 63.3 Å². The third kappa shape index (κ3) is 4.10. The summed E-state index contributed by atoms with van der Waals surface area (Å²) in [7, 11) is 2.07.